The monoisotopic (exact) mass is 148 g/mol. The lowest BCUT2D eigenvalue weighted by Gasteiger charge is -2.00. The fraction of sp³-hybridized carbons (Fsp3) is 0.833. The molecule has 0 saturated carbocycles. The van der Waals surface area contributed by atoms with Crippen molar-refractivity contribution in [1.82, 2.24) is 0 Å². The van der Waals surface area contributed by atoms with Gasteiger partial charge in [-0.3, -0.25) is 9.00 Å². The molecule has 0 saturated heterocycles. The van der Waals surface area contributed by atoms with Crippen LogP contribution in [0.25, 0.3) is 0 Å². The smallest absolute Gasteiger partial charge is 0.142 e. The van der Waals surface area contributed by atoms with Gasteiger partial charge in [0, 0.05) is 16.0 Å². The van der Waals surface area contributed by atoms with Gasteiger partial charge in [-0.2, -0.15) is 0 Å². The Kier molecular flexibility index (Phi) is 3.70. The second-order valence-electron chi connectivity index (χ2n) is 2.28. The second kappa shape index (κ2) is 3.77. The van der Waals surface area contributed by atoms with E-state index in [0.29, 0.717) is 0 Å². The summed E-state index contributed by atoms with van der Waals surface area (Å²) in [5.41, 5.74) is 0. The van der Waals surface area contributed by atoms with Gasteiger partial charge in [-0.1, -0.05) is 13.8 Å². The highest BCUT2D eigenvalue weighted by Gasteiger charge is 2.06. The summed E-state index contributed by atoms with van der Waals surface area (Å²) in [5, 5.41) is 0.105. The molecule has 0 rings (SSSR count). The van der Waals surface area contributed by atoms with Crippen molar-refractivity contribution in [3.63, 3.8) is 0 Å². The number of carbonyl (C=O) groups is 1. The topological polar surface area (TPSA) is 34.1 Å². The van der Waals surface area contributed by atoms with Gasteiger partial charge >= 0.3 is 0 Å². The highest BCUT2D eigenvalue weighted by molar-refractivity contribution is 7.86. The normalized spacial score (nSPS) is 13.8. The first-order chi connectivity index (χ1) is 4.04. The predicted octanol–water partition coefficient (Wildman–Crippen LogP) is 0.732. The highest BCUT2D eigenvalue weighted by Crippen LogP contribution is 1.93. The molecule has 0 bridgehead atoms. The first-order valence-electron chi connectivity index (χ1n) is 2.90. The first-order valence-corrected chi connectivity index (χ1v) is 4.29. The van der Waals surface area contributed by atoms with Crippen LogP contribution in [0.3, 0.4) is 0 Å². The zero-order valence-corrected chi connectivity index (χ0v) is 6.83. The molecule has 0 radical (unpaired) electrons. The summed E-state index contributed by atoms with van der Waals surface area (Å²) in [6, 6.07) is 0. The molecule has 2 nitrogen and oxygen atoms in total. The summed E-state index contributed by atoms with van der Waals surface area (Å²) in [6.07, 6.45) is 0. The molecule has 0 aromatic rings. The van der Waals surface area contributed by atoms with E-state index in [1.807, 2.05) is 13.8 Å². The van der Waals surface area contributed by atoms with E-state index in [9.17, 15) is 9.00 Å². The number of hydrogen-bond donors (Lipinski definition) is 0. The van der Waals surface area contributed by atoms with Gasteiger partial charge in [0.2, 0.25) is 0 Å². The van der Waals surface area contributed by atoms with Crippen LogP contribution in [0.4, 0.5) is 0 Å². The number of Topliss-reactive ketones (excluding diaryl/α,β-unsaturated/α-hetero) is 1. The second-order valence-corrected chi connectivity index (χ2v) is 4.27. The van der Waals surface area contributed by atoms with Gasteiger partial charge < -0.3 is 0 Å². The van der Waals surface area contributed by atoms with Crippen LogP contribution in [-0.4, -0.2) is 21.0 Å². The Bertz CT molecular complexity index is 129. The van der Waals surface area contributed by atoms with Crippen LogP contribution < -0.4 is 0 Å². The number of carbonyl (C=O) groups excluding carboxylic acids is 1. The molecule has 0 heterocycles. The van der Waals surface area contributed by atoms with Crippen LogP contribution in [0.5, 0.6) is 0 Å². The van der Waals surface area contributed by atoms with E-state index in [2.05, 4.69) is 0 Å². The highest BCUT2D eigenvalue weighted by atomic mass is 32.2. The molecular weight excluding hydrogens is 136 g/mol. The first kappa shape index (κ1) is 8.82. The molecule has 3 heteroatoms. The number of rotatable bonds is 3. The molecule has 54 valence electrons. The molecule has 0 fully saturated rings. The molecule has 1 unspecified atom stereocenters. The number of ketones is 1. The van der Waals surface area contributed by atoms with Crippen LogP contribution in [-0.2, 0) is 15.6 Å². The molecule has 0 aromatic heterocycles. The van der Waals surface area contributed by atoms with Crippen LogP contribution in [0, 0.1) is 0 Å². The zero-order chi connectivity index (χ0) is 7.44. The van der Waals surface area contributed by atoms with Crippen molar-refractivity contribution < 1.29 is 9.00 Å². The Morgan fingerprint density at radius 1 is 1.56 bits per heavy atom. The molecule has 9 heavy (non-hydrogen) atoms. The van der Waals surface area contributed by atoms with Gasteiger partial charge in [-0.15, -0.1) is 0 Å². The minimum Gasteiger partial charge on any atom is -0.299 e. The summed E-state index contributed by atoms with van der Waals surface area (Å²) < 4.78 is 10.8. The van der Waals surface area contributed by atoms with Crippen LogP contribution in [0.15, 0.2) is 0 Å². The van der Waals surface area contributed by atoms with Crippen molar-refractivity contribution in [3.8, 4) is 0 Å². The minimum atomic E-state index is -0.951. The lowest BCUT2D eigenvalue weighted by atomic mass is 10.5. The van der Waals surface area contributed by atoms with Gasteiger partial charge in [0.15, 0.2) is 0 Å². The summed E-state index contributed by atoms with van der Waals surface area (Å²) in [6.45, 7) is 5.15. The van der Waals surface area contributed by atoms with Crippen molar-refractivity contribution in [3.05, 3.63) is 0 Å². The van der Waals surface area contributed by atoms with Gasteiger partial charge in [-0.05, 0) is 6.92 Å². The zero-order valence-electron chi connectivity index (χ0n) is 6.01. The Morgan fingerprint density at radius 3 is 2.11 bits per heavy atom. The van der Waals surface area contributed by atoms with Gasteiger partial charge in [0.05, 0.1) is 5.75 Å². The van der Waals surface area contributed by atoms with Gasteiger partial charge in [0.1, 0.15) is 5.78 Å². The fourth-order valence-electron chi connectivity index (χ4n) is 0.367. The van der Waals surface area contributed by atoms with Crippen LogP contribution >= 0.6 is 0 Å². The molecule has 1 atom stereocenters. The van der Waals surface area contributed by atoms with E-state index >= 15 is 0 Å². The standard InChI is InChI=1S/C6H12O2S/c1-5(2)9(8)4-6(3)7/h5H,4H2,1-3H3. The molecule has 0 aliphatic heterocycles. The summed E-state index contributed by atoms with van der Waals surface area (Å²) in [5.74, 6) is 0.208. The Balaban J connectivity index is 3.64. The van der Waals surface area contributed by atoms with E-state index in [1.165, 1.54) is 6.92 Å². The largest absolute Gasteiger partial charge is 0.299 e. The Morgan fingerprint density at radius 2 is 2.00 bits per heavy atom. The Labute approximate surface area is 58.1 Å². The SMILES string of the molecule is CC(=O)CS(=O)C(C)C. The minimum absolute atomic E-state index is 0.00188. The van der Waals surface area contributed by atoms with Crippen LogP contribution in [0.2, 0.25) is 0 Å². The molecule has 0 aromatic carbocycles. The maximum absolute atomic E-state index is 10.8. The third kappa shape index (κ3) is 4.33. The fourth-order valence-corrected chi connectivity index (χ4v) is 1.10. The summed E-state index contributed by atoms with van der Waals surface area (Å²) in [7, 11) is -0.951. The third-order valence-corrected chi connectivity index (χ3v) is 2.61. The maximum atomic E-state index is 10.8. The molecule has 0 spiro atoms. The quantitative estimate of drug-likeness (QED) is 0.591. The van der Waals surface area contributed by atoms with Crippen LogP contribution in [0.1, 0.15) is 20.8 Å². The molecule has 0 amide bonds. The van der Waals surface area contributed by atoms with E-state index in [4.69, 9.17) is 0 Å². The predicted molar refractivity (Wildman–Crippen MR) is 38.8 cm³/mol. The van der Waals surface area contributed by atoms with Crippen molar-refractivity contribution in [2.75, 3.05) is 5.75 Å². The van der Waals surface area contributed by atoms with Crippen molar-refractivity contribution in [2.24, 2.45) is 0 Å². The molecule has 0 N–H and O–H groups in total. The molecular formula is C6H12O2S. The molecule has 0 aliphatic rings. The van der Waals surface area contributed by atoms with Crippen molar-refractivity contribution in [1.29, 1.82) is 0 Å². The third-order valence-electron chi connectivity index (χ3n) is 0.871. The van der Waals surface area contributed by atoms with E-state index < -0.39 is 10.8 Å². The lowest BCUT2D eigenvalue weighted by molar-refractivity contribution is -0.114. The average Bonchev–Trinajstić information content (AvgIpc) is 1.63. The Hall–Kier alpha value is -0.180. The van der Waals surface area contributed by atoms with Crippen molar-refractivity contribution in [2.45, 2.75) is 26.0 Å². The lowest BCUT2D eigenvalue weighted by Crippen LogP contribution is -2.14. The van der Waals surface area contributed by atoms with Crippen molar-refractivity contribution >= 4 is 16.6 Å². The summed E-state index contributed by atoms with van der Waals surface area (Å²) in [4.78, 5) is 10.4. The number of hydrogen-bond acceptors (Lipinski definition) is 2. The van der Waals surface area contributed by atoms with E-state index in [1.54, 1.807) is 0 Å². The maximum Gasteiger partial charge on any atom is 0.142 e. The van der Waals surface area contributed by atoms with E-state index in [-0.39, 0.29) is 16.8 Å². The average molecular weight is 148 g/mol. The summed E-state index contributed by atoms with van der Waals surface area (Å²) >= 11 is 0. The van der Waals surface area contributed by atoms with Gasteiger partial charge in [-0.25, -0.2) is 0 Å². The van der Waals surface area contributed by atoms with E-state index in [0.717, 1.165) is 0 Å². The van der Waals surface area contributed by atoms with Gasteiger partial charge in [0.25, 0.3) is 0 Å². The molecule has 0 aliphatic carbocycles.